The number of hydrogen-bond donors (Lipinski definition) is 0. The van der Waals surface area contributed by atoms with E-state index in [1.807, 2.05) is 41.1 Å². The molecule has 1 aliphatic heterocycles. The zero-order valence-electron chi connectivity index (χ0n) is 9.58. The van der Waals surface area contributed by atoms with Crippen LogP contribution in [0, 0.1) is 11.3 Å². The van der Waals surface area contributed by atoms with Gasteiger partial charge in [-0.15, -0.1) is 0 Å². The first-order valence-electron chi connectivity index (χ1n) is 5.69. The van der Waals surface area contributed by atoms with Gasteiger partial charge in [-0.1, -0.05) is 30.3 Å². The maximum Gasteiger partial charge on any atom is 0.177 e. The fourth-order valence-electron chi connectivity index (χ4n) is 2.29. The quantitative estimate of drug-likeness (QED) is 0.750. The van der Waals surface area contributed by atoms with E-state index >= 15 is 0 Å². The largest absolute Gasteiger partial charge is 0.325 e. The molecule has 0 radical (unpaired) electrons. The SMILES string of the molecule is N#CC1=Cn2cccc2C1C(=O)c1ccccc1. The van der Waals surface area contributed by atoms with Gasteiger partial charge in [0.25, 0.3) is 0 Å². The number of aromatic nitrogens is 1. The third kappa shape index (κ3) is 1.47. The lowest BCUT2D eigenvalue weighted by Crippen LogP contribution is -2.12. The van der Waals surface area contributed by atoms with Crippen molar-refractivity contribution in [3.63, 3.8) is 0 Å². The second-order valence-corrected chi connectivity index (χ2v) is 4.20. The normalized spacial score (nSPS) is 16.8. The molecule has 0 N–H and O–H groups in total. The molecular weight excluding hydrogens is 224 g/mol. The second-order valence-electron chi connectivity index (χ2n) is 4.20. The zero-order valence-corrected chi connectivity index (χ0v) is 9.58. The second kappa shape index (κ2) is 4.01. The van der Waals surface area contributed by atoms with Gasteiger partial charge >= 0.3 is 0 Å². The summed E-state index contributed by atoms with van der Waals surface area (Å²) in [7, 11) is 0. The Morgan fingerprint density at radius 2 is 1.94 bits per heavy atom. The van der Waals surface area contributed by atoms with Crippen LogP contribution >= 0.6 is 0 Å². The van der Waals surface area contributed by atoms with Crippen molar-refractivity contribution in [3.05, 3.63) is 65.5 Å². The third-order valence-corrected chi connectivity index (χ3v) is 3.15. The number of carbonyl (C=O) groups excluding carboxylic acids is 1. The van der Waals surface area contributed by atoms with Crippen molar-refractivity contribution in [2.24, 2.45) is 0 Å². The summed E-state index contributed by atoms with van der Waals surface area (Å²) in [5.41, 5.74) is 2.00. The van der Waals surface area contributed by atoms with E-state index in [1.54, 1.807) is 18.3 Å². The minimum atomic E-state index is -0.465. The van der Waals surface area contributed by atoms with Gasteiger partial charge in [-0.25, -0.2) is 0 Å². The average Bonchev–Trinajstić information content (AvgIpc) is 2.98. The summed E-state index contributed by atoms with van der Waals surface area (Å²) in [4.78, 5) is 12.5. The highest BCUT2D eigenvalue weighted by Gasteiger charge is 2.32. The van der Waals surface area contributed by atoms with Gasteiger partial charge in [0.05, 0.1) is 17.6 Å². The van der Waals surface area contributed by atoms with Crippen LogP contribution in [0.15, 0.2) is 54.2 Å². The number of nitriles is 1. The van der Waals surface area contributed by atoms with Crippen molar-refractivity contribution < 1.29 is 4.79 Å². The number of carbonyl (C=O) groups is 1. The van der Waals surface area contributed by atoms with Gasteiger partial charge < -0.3 is 4.57 Å². The molecule has 3 rings (SSSR count). The van der Waals surface area contributed by atoms with E-state index in [9.17, 15) is 4.79 Å². The Kier molecular flexibility index (Phi) is 2.35. The molecule has 3 nitrogen and oxygen atoms in total. The molecule has 3 heteroatoms. The number of fused-ring (bicyclic) bond motifs is 1. The van der Waals surface area contributed by atoms with Gasteiger partial charge in [0.15, 0.2) is 5.78 Å². The van der Waals surface area contributed by atoms with E-state index < -0.39 is 5.92 Å². The molecular formula is C15H10N2O. The van der Waals surface area contributed by atoms with E-state index in [-0.39, 0.29) is 5.78 Å². The lowest BCUT2D eigenvalue weighted by Gasteiger charge is -2.09. The first-order valence-corrected chi connectivity index (χ1v) is 5.69. The Bertz CT molecular complexity index is 674. The van der Waals surface area contributed by atoms with Crippen molar-refractivity contribution in [2.75, 3.05) is 0 Å². The highest BCUT2D eigenvalue weighted by atomic mass is 16.1. The van der Waals surface area contributed by atoms with E-state index in [0.29, 0.717) is 11.1 Å². The van der Waals surface area contributed by atoms with Crippen LogP contribution in [0.4, 0.5) is 0 Å². The zero-order chi connectivity index (χ0) is 12.5. The summed E-state index contributed by atoms with van der Waals surface area (Å²) in [6.45, 7) is 0. The summed E-state index contributed by atoms with van der Waals surface area (Å²) in [5.74, 6) is -0.492. The molecule has 0 aliphatic carbocycles. The fraction of sp³-hybridized carbons (Fsp3) is 0.0667. The van der Waals surface area contributed by atoms with Crippen LogP contribution in [0.3, 0.4) is 0 Å². The number of Topliss-reactive ketones (excluding diaryl/α,β-unsaturated/α-hetero) is 1. The predicted octanol–water partition coefficient (Wildman–Crippen LogP) is 2.83. The van der Waals surface area contributed by atoms with Gasteiger partial charge in [0.2, 0.25) is 0 Å². The number of nitrogens with zero attached hydrogens (tertiary/aromatic N) is 2. The minimum Gasteiger partial charge on any atom is -0.325 e. The number of rotatable bonds is 2. The first-order chi connectivity index (χ1) is 8.81. The Hall–Kier alpha value is -2.60. The monoisotopic (exact) mass is 234 g/mol. The molecule has 0 spiro atoms. The van der Waals surface area contributed by atoms with Gasteiger partial charge in [-0.3, -0.25) is 4.79 Å². The first kappa shape index (κ1) is 10.5. The highest BCUT2D eigenvalue weighted by Crippen LogP contribution is 2.34. The fourth-order valence-corrected chi connectivity index (χ4v) is 2.29. The van der Waals surface area contributed by atoms with E-state index in [1.165, 1.54) is 0 Å². The molecule has 1 atom stereocenters. The Labute approximate surface area is 105 Å². The Morgan fingerprint density at radius 1 is 1.17 bits per heavy atom. The molecule has 1 aliphatic rings. The van der Waals surface area contributed by atoms with Crippen molar-refractivity contribution >= 4 is 12.0 Å². The molecule has 1 aromatic heterocycles. The van der Waals surface area contributed by atoms with Crippen molar-refractivity contribution in [1.82, 2.24) is 4.57 Å². The molecule has 2 aromatic rings. The van der Waals surface area contributed by atoms with Crippen molar-refractivity contribution in [3.8, 4) is 6.07 Å². The van der Waals surface area contributed by atoms with Gasteiger partial charge in [-0.05, 0) is 12.1 Å². The molecule has 0 fully saturated rings. The smallest absolute Gasteiger partial charge is 0.177 e. The Morgan fingerprint density at radius 3 is 2.67 bits per heavy atom. The molecule has 0 saturated heterocycles. The van der Waals surface area contributed by atoms with Crippen molar-refractivity contribution in [1.29, 1.82) is 5.26 Å². The number of benzene rings is 1. The molecule has 86 valence electrons. The summed E-state index contributed by atoms with van der Waals surface area (Å²) < 4.78 is 1.84. The van der Waals surface area contributed by atoms with Gasteiger partial charge in [-0.2, -0.15) is 5.26 Å². The maximum atomic E-state index is 12.5. The maximum absolute atomic E-state index is 12.5. The number of hydrogen-bond acceptors (Lipinski definition) is 2. The van der Waals surface area contributed by atoms with Crippen LogP contribution in [-0.2, 0) is 0 Å². The molecule has 1 unspecified atom stereocenters. The van der Waals surface area contributed by atoms with Crippen LogP contribution in [0.5, 0.6) is 0 Å². The topological polar surface area (TPSA) is 45.8 Å². The average molecular weight is 234 g/mol. The molecule has 18 heavy (non-hydrogen) atoms. The van der Waals surface area contributed by atoms with Gasteiger partial charge in [0, 0.05) is 23.7 Å². The molecule has 0 bridgehead atoms. The summed E-state index contributed by atoms with van der Waals surface area (Å²) >= 11 is 0. The highest BCUT2D eigenvalue weighted by molar-refractivity contribution is 6.04. The number of ketones is 1. The van der Waals surface area contributed by atoms with Crippen LogP contribution in [0.1, 0.15) is 22.0 Å². The predicted molar refractivity (Wildman–Crippen MR) is 67.8 cm³/mol. The van der Waals surface area contributed by atoms with Crippen LogP contribution in [-0.4, -0.2) is 10.4 Å². The molecule has 0 saturated carbocycles. The molecule has 2 heterocycles. The Balaban J connectivity index is 2.06. The third-order valence-electron chi connectivity index (χ3n) is 3.15. The lowest BCUT2D eigenvalue weighted by atomic mass is 9.90. The minimum absolute atomic E-state index is 0.0270. The van der Waals surface area contributed by atoms with Gasteiger partial charge in [0.1, 0.15) is 0 Å². The lowest BCUT2D eigenvalue weighted by molar-refractivity contribution is 0.0974. The van der Waals surface area contributed by atoms with Crippen LogP contribution in [0.2, 0.25) is 0 Å². The van der Waals surface area contributed by atoms with E-state index in [0.717, 1.165) is 5.69 Å². The summed E-state index contributed by atoms with van der Waals surface area (Å²) in [6.07, 6.45) is 3.58. The van der Waals surface area contributed by atoms with Crippen molar-refractivity contribution in [2.45, 2.75) is 5.92 Å². The van der Waals surface area contributed by atoms with E-state index in [4.69, 9.17) is 5.26 Å². The van der Waals surface area contributed by atoms with Crippen LogP contribution < -0.4 is 0 Å². The molecule has 1 aromatic carbocycles. The standard InChI is InChI=1S/C15H10N2O/c16-9-12-10-17-8-4-7-13(17)14(12)15(18)11-5-2-1-3-6-11/h1-8,10,14H. The summed E-state index contributed by atoms with van der Waals surface area (Å²) in [5, 5.41) is 9.14. The van der Waals surface area contributed by atoms with E-state index in [2.05, 4.69) is 6.07 Å². The number of allylic oxidation sites excluding steroid dienone is 1. The molecule has 0 amide bonds. The summed E-state index contributed by atoms with van der Waals surface area (Å²) in [6, 6.07) is 15.0. The van der Waals surface area contributed by atoms with Crippen LogP contribution in [0.25, 0.3) is 6.20 Å².